The van der Waals surface area contributed by atoms with Crippen molar-refractivity contribution in [1.29, 1.82) is 0 Å². The molecule has 6 heteroatoms. The molecule has 0 bridgehead atoms. The number of carbonyl (C=O) groups excluding carboxylic acids is 2. The molecule has 2 aliphatic rings. The van der Waals surface area contributed by atoms with Gasteiger partial charge in [-0.25, -0.2) is 0 Å². The second-order valence-corrected chi connectivity index (χ2v) is 7.20. The maximum atomic E-state index is 12.5. The molecule has 1 aromatic rings. The van der Waals surface area contributed by atoms with Gasteiger partial charge in [0.05, 0.1) is 24.8 Å². The molecule has 1 aromatic heterocycles. The summed E-state index contributed by atoms with van der Waals surface area (Å²) in [6.45, 7) is 4.99. The highest BCUT2D eigenvalue weighted by Crippen LogP contribution is 2.40. The maximum Gasteiger partial charge on any atom is 0.225 e. The molecule has 0 aromatic carbocycles. The van der Waals surface area contributed by atoms with E-state index in [9.17, 15) is 9.59 Å². The molecule has 2 fully saturated rings. The Hall–Kier alpha value is -1.95. The molecule has 1 saturated carbocycles. The van der Waals surface area contributed by atoms with E-state index in [1.54, 1.807) is 11.1 Å². The van der Waals surface area contributed by atoms with Gasteiger partial charge in [0.2, 0.25) is 11.8 Å². The van der Waals surface area contributed by atoms with Crippen LogP contribution in [0, 0.1) is 11.3 Å². The van der Waals surface area contributed by atoms with Gasteiger partial charge in [-0.1, -0.05) is 12.5 Å². The monoisotopic (exact) mass is 345 g/mol. The molecule has 6 nitrogen and oxygen atoms in total. The first-order valence-corrected chi connectivity index (χ1v) is 9.15. The van der Waals surface area contributed by atoms with Crippen molar-refractivity contribution < 1.29 is 14.3 Å². The van der Waals surface area contributed by atoms with Crippen LogP contribution >= 0.6 is 0 Å². The largest absolute Gasteiger partial charge is 0.381 e. The van der Waals surface area contributed by atoms with Gasteiger partial charge in [-0.2, -0.15) is 0 Å². The van der Waals surface area contributed by atoms with E-state index < -0.39 is 0 Å². The quantitative estimate of drug-likeness (QED) is 0.779. The van der Waals surface area contributed by atoms with Crippen molar-refractivity contribution in [2.45, 2.75) is 39.2 Å². The summed E-state index contributed by atoms with van der Waals surface area (Å²) in [5.74, 6) is -0.251. The Kier molecular flexibility index (Phi) is 5.68. The molecule has 0 radical (unpaired) electrons. The number of nitrogens with one attached hydrogen (secondary N) is 1. The normalized spacial score (nSPS) is 21.9. The zero-order chi connectivity index (χ0) is 17.7. The van der Waals surface area contributed by atoms with E-state index in [1.165, 1.54) is 6.42 Å². The smallest absolute Gasteiger partial charge is 0.225 e. The van der Waals surface area contributed by atoms with Crippen LogP contribution in [0.2, 0.25) is 0 Å². The van der Waals surface area contributed by atoms with E-state index in [1.807, 2.05) is 25.1 Å². The lowest BCUT2D eigenvalue weighted by Gasteiger charge is -2.41. The second kappa shape index (κ2) is 7.95. The lowest BCUT2D eigenvalue weighted by atomic mass is 9.69. The molecule has 2 heterocycles. The third-order valence-electron chi connectivity index (χ3n) is 5.33. The van der Waals surface area contributed by atoms with E-state index in [4.69, 9.17) is 4.74 Å². The van der Waals surface area contributed by atoms with Crippen molar-refractivity contribution >= 4 is 11.8 Å². The van der Waals surface area contributed by atoms with Gasteiger partial charge in [-0.05, 0) is 31.9 Å². The van der Waals surface area contributed by atoms with Crippen molar-refractivity contribution in [1.82, 2.24) is 15.2 Å². The van der Waals surface area contributed by atoms with Crippen LogP contribution in [0.5, 0.6) is 0 Å². The van der Waals surface area contributed by atoms with Crippen LogP contribution in [0.25, 0.3) is 0 Å². The number of carbonyl (C=O) groups is 2. The molecule has 0 spiro atoms. The average Bonchev–Trinajstić information content (AvgIpc) is 2.95. The summed E-state index contributed by atoms with van der Waals surface area (Å²) in [6.07, 6.45) is 5.40. The molecule has 3 rings (SSSR count). The fourth-order valence-corrected chi connectivity index (χ4v) is 3.57. The van der Waals surface area contributed by atoms with E-state index in [0.717, 1.165) is 18.5 Å². The molecule has 1 saturated heterocycles. The number of nitrogens with zero attached hydrogens (tertiary/aromatic N) is 2. The molecule has 1 aliphatic heterocycles. The second-order valence-electron chi connectivity index (χ2n) is 7.20. The minimum absolute atomic E-state index is 0.0142. The van der Waals surface area contributed by atoms with Gasteiger partial charge in [-0.3, -0.25) is 14.6 Å². The lowest BCUT2D eigenvalue weighted by Crippen LogP contribution is -2.46. The minimum Gasteiger partial charge on any atom is -0.381 e. The van der Waals surface area contributed by atoms with Gasteiger partial charge in [0, 0.05) is 37.7 Å². The summed E-state index contributed by atoms with van der Waals surface area (Å²) in [7, 11) is 0. The number of aromatic nitrogens is 1. The molecule has 136 valence electrons. The molecular formula is C19H27N3O3. The number of ether oxygens (including phenoxy) is 1. The van der Waals surface area contributed by atoms with Crippen molar-refractivity contribution in [3.8, 4) is 0 Å². The summed E-state index contributed by atoms with van der Waals surface area (Å²) in [4.78, 5) is 30.7. The van der Waals surface area contributed by atoms with Gasteiger partial charge in [0.15, 0.2) is 0 Å². The van der Waals surface area contributed by atoms with E-state index in [-0.39, 0.29) is 29.6 Å². The van der Waals surface area contributed by atoms with Crippen LogP contribution in [-0.4, -0.2) is 48.0 Å². The number of hydrogen-bond acceptors (Lipinski definition) is 4. The molecular weight excluding hydrogens is 318 g/mol. The number of hydrogen-bond donors (Lipinski definition) is 1. The van der Waals surface area contributed by atoms with Crippen molar-refractivity contribution in [2.75, 3.05) is 26.3 Å². The highest BCUT2D eigenvalue weighted by molar-refractivity contribution is 5.89. The number of likely N-dealkylation sites (tertiary alicyclic amines) is 1. The summed E-state index contributed by atoms with van der Waals surface area (Å²) >= 11 is 0. The number of amides is 2. The standard InChI is InChI=1S/C19H27N3O3/c1-2-25-14-19(7-5-8-19)13-21-18(24)15-10-17(23)22(11-15)12-16-6-3-4-9-20-16/h3-4,6,9,15H,2,5,7-8,10-14H2,1H3,(H,21,24). The van der Waals surface area contributed by atoms with Crippen LogP contribution in [0.15, 0.2) is 24.4 Å². The Morgan fingerprint density at radius 2 is 2.28 bits per heavy atom. The summed E-state index contributed by atoms with van der Waals surface area (Å²) in [6, 6.07) is 5.66. The average molecular weight is 345 g/mol. The Morgan fingerprint density at radius 3 is 2.92 bits per heavy atom. The summed E-state index contributed by atoms with van der Waals surface area (Å²) in [5, 5.41) is 3.07. The fraction of sp³-hybridized carbons (Fsp3) is 0.632. The molecule has 1 aliphatic carbocycles. The first-order valence-electron chi connectivity index (χ1n) is 9.15. The van der Waals surface area contributed by atoms with Gasteiger partial charge in [0.25, 0.3) is 0 Å². The van der Waals surface area contributed by atoms with Crippen molar-refractivity contribution in [3.05, 3.63) is 30.1 Å². The lowest BCUT2D eigenvalue weighted by molar-refractivity contribution is -0.129. The molecule has 1 unspecified atom stereocenters. The molecule has 1 N–H and O–H groups in total. The van der Waals surface area contributed by atoms with E-state index in [2.05, 4.69) is 10.3 Å². The summed E-state index contributed by atoms with van der Waals surface area (Å²) in [5.41, 5.74) is 0.948. The Bertz CT molecular complexity index is 601. The van der Waals surface area contributed by atoms with Crippen LogP contribution in [0.1, 0.15) is 38.3 Å². The third-order valence-corrected chi connectivity index (χ3v) is 5.33. The molecule has 1 atom stereocenters. The maximum absolute atomic E-state index is 12.5. The third kappa shape index (κ3) is 4.37. The number of rotatable bonds is 8. The highest BCUT2D eigenvalue weighted by Gasteiger charge is 2.39. The van der Waals surface area contributed by atoms with Gasteiger partial charge >= 0.3 is 0 Å². The predicted octanol–water partition coefficient (Wildman–Crippen LogP) is 1.75. The van der Waals surface area contributed by atoms with Crippen LogP contribution < -0.4 is 5.32 Å². The minimum atomic E-state index is -0.263. The predicted molar refractivity (Wildman–Crippen MR) is 93.5 cm³/mol. The Balaban J connectivity index is 1.49. The SMILES string of the molecule is CCOCC1(CNC(=O)C2CC(=O)N(Cc3ccccn3)C2)CCC1. The van der Waals surface area contributed by atoms with E-state index in [0.29, 0.717) is 32.8 Å². The van der Waals surface area contributed by atoms with Crippen molar-refractivity contribution in [2.24, 2.45) is 11.3 Å². The van der Waals surface area contributed by atoms with Gasteiger partial charge in [-0.15, -0.1) is 0 Å². The fourth-order valence-electron chi connectivity index (χ4n) is 3.57. The highest BCUT2D eigenvalue weighted by atomic mass is 16.5. The Morgan fingerprint density at radius 1 is 1.44 bits per heavy atom. The van der Waals surface area contributed by atoms with Gasteiger partial charge in [0.1, 0.15) is 0 Å². The zero-order valence-electron chi connectivity index (χ0n) is 14.9. The molecule has 25 heavy (non-hydrogen) atoms. The van der Waals surface area contributed by atoms with Gasteiger partial charge < -0.3 is 15.0 Å². The first-order chi connectivity index (χ1) is 12.1. The summed E-state index contributed by atoms with van der Waals surface area (Å²) < 4.78 is 5.58. The van der Waals surface area contributed by atoms with E-state index >= 15 is 0 Å². The number of pyridine rings is 1. The van der Waals surface area contributed by atoms with Crippen molar-refractivity contribution in [3.63, 3.8) is 0 Å². The first kappa shape index (κ1) is 17.9. The molecule has 2 amide bonds. The van der Waals surface area contributed by atoms with Crippen LogP contribution in [-0.2, 0) is 20.9 Å². The Labute approximate surface area is 148 Å². The topological polar surface area (TPSA) is 71.5 Å². The zero-order valence-corrected chi connectivity index (χ0v) is 14.9. The van der Waals surface area contributed by atoms with Crippen LogP contribution in [0.4, 0.5) is 0 Å². The van der Waals surface area contributed by atoms with Crippen LogP contribution in [0.3, 0.4) is 0 Å².